The minimum Gasteiger partial charge on any atom is -0.454 e. The number of nitrogens with one attached hydrogen (secondary N) is 1. The molecule has 0 amide bonds. The van der Waals surface area contributed by atoms with Gasteiger partial charge in [0, 0.05) is 30.1 Å². The normalized spacial score (nSPS) is 18.9. The number of para-hydroxylation sites is 1. The molecule has 1 N–H and O–H groups in total. The molecular formula is C26H33N3O2. The van der Waals surface area contributed by atoms with Gasteiger partial charge in [-0.3, -0.25) is 10.2 Å². The lowest BCUT2D eigenvalue weighted by Gasteiger charge is -2.24. The molecule has 31 heavy (non-hydrogen) atoms. The zero-order chi connectivity index (χ0) is 21.5. The minimum absolute atomic E-state index is 0.472. The molecule has 2 aromatic carbocycles. The van der Waals surface area contributed by atoms with Crippen molar-refractivity contribution in [3.63, 3.8) is 0 Å². The largest absolute Gasteiger partial charge is 0.454 e. The fraction of sp³-hybridized carbons (Fsp3) is 0.462. The van der Waals surface area contributed by atoms with E-state index in [1.807, 2.05) is 37.4 Å². The Kier molecular flexibility index (Phi) is 7.49. The summed E-state index contributed by atoms with van der Waals surface area (Å²) in [6.07, 6.45) is 11.2. The number of hydrogen-bond donors (Lipinski definition) is 1. The molecule has 5 rings (SSSR count). The molecule has 5 heteroatoms. The summed E-state index contributed by atoms with van der Waals surface area (Å²) in [5.74, 6) is 2.04. The van der Waals surface area contributed by atoms with Crippen molar-refractivity contribution in [2.45, 2.75) is 51.4 Å². The molecule has 3 aliphatic rings. The number of nitrogens with zero attached hydrogens (tertiary/aromatic N) is 2. The molecule has 0 spiro atoms. The third-order valence-electron chi connectivity index (χ3n) is 6.41. The number of carbonyl (C=O) groups is 1. The molecular weight excluding hydrogens is 386 g/mol. The quantitative estimate of drug-likeness (QED) is 0.628. The van der Waals surface area contributed by atoms with Crippen LogP contribution in [0.5, 0.6) is 11.5 Å². The van der Waals surface area contributed by atoms with E-state index in [9.17, 15) is 4.79 Å². The lowest BCUT2D eigenvalue weighted by atomic mass is 9.83. The summed E-state index contributed by atoms with van der Waals surface area (Å²) in [5.41, 5.74) is 6.72. The SMILES string of the molecule is CNN1CCCCC1.O=Cc1ccc2c(c1)N=C(C1CCCCC1)c1ccccc1O2. The molecule has 2 fully saturated rings. The zero-order valence-electron chi connectivity index (χ0n) is 18.5. The minimum atomic E-state index is 0.472. The average molecular weight is 420 g/mol. The van der Waals surface area contributed by atoms with Gasteiger partial charge in [0.2, 0.25) is 0 Å². The number of piperidine rings is 1. The fourth-order valence-corrected chi connectivity index (χ4v) is 4.66. The van der Waals surface area contributed by atoms with E-state index in [-0.39, 0.29) is 0 Å². The van der Waals surface area contributed by atoms with Crippen molar-refractivity contribution in [3.8, 4) is 11.5 Å². The Bertz CT molecular complexity index is 913. The lowest BCUT2D eigenvalue weighted by molar-refractivity contribution is 0.112. The number of ether oxygens (including phenoxy) is 1. The van der Waals surface area contributed by atoms with Gasteiger partial charge in [-0.1, -0.05) is 37.8 Å². The van der Waals surface area contributed by atoms with Crippen LogP contribution in [0, 0.1) is 5.92 Å². The number of aldehydes is 1. The molecule has 1 saturated carbocycles. The van der Waals surface area contributed by atoms with Crippen LogP contribution in [0.25, 0.3) is 0 Å². The Morgan fingerprint density at radius 1 is 0.968 bits per heavy atom. The molecule has 2 heterocycles. The first-order chi connectivity index (χ1) is 15.3. The number of hydrazine groups is 1. The van der Waals surface area contributed by atoms with Gasteiger partial charge >= 0.3 is 0 Å². The molecule has 0 radical (unpaired) electrons. The molecule has 1 aliphatic carbocycles. The predicted molar refractivity (Wildman–Crippen MR) is 126 cm³/mol. The highest BCUT2D eigenvalue weighted by atomic mass is 16.5. The molecule has 0 unspecified atom stereocenters. The van der Waals surface area contributed by atoms with E-state index in [2.05, 4.69) is 16.5 Å². The first-order valence-corrected chi connectivity index (χ1v) is 11.7. The second-order valence-corrected chi connectivity index (χ2v) is 8.55. The number of carbonyl (C=O) groups excluding carboxylic acids is 1. The van der Waals surface area contributed by atoms with E-state index in [1.165, 1.54) is 64.5 Å². The van der Waals surface area contributed by atoms with Crippen LogP contribution < -0.4 is 10.2 Å². The van der Waals surface area contributed by atoms with E-state index in [0.29, 0.717) is 17.2 Å². The van der Waals surface area contributed by atoms with Crippen molar-refractivity contribution < 1.29 is 9.53 Å². The third-order valence-corrected chi connectivity index (χ3v) is 6.41. The Morgan fingerprint density at radius 2 is 1.71 bits per heavy atom. The summed E-state index contributed by atoms with van der Waals surface area (Å²) >= 11 is 0. The molecule has 5 nitrogen and oxygen atoms in total. The highest BCUT2D eigenvalue weighted by Gasteiger charge is 2.26. The van der Waals surface area contributed by atoms with Crippen LogP contribution in [0.1, 0.15) is 67.3 Å². The first-order valence-electron chi connectivity index (χ1n) is 11.7. The van der Waals surface area contributed by atoms with Crippen molar-refractivity contribution in [1.82, 2.24) is 10.4 Å². The van der Waals surface area contributed by atoms with Crippen LogP contribution >= 0.6 is 0 Å². The third kappa shape index (κ3) is 5.41. The summed E-state index contributed by atoms with van der Waals surface area (Å²) in [5, 5.41) is 2.27. The Hall–Kier alpha value is -2.50. The standard InChI is InChI=1S/C20H19NO2.C6H14N2/c22-13-14-10-11-19-17(12-14)21-20(15-6-2-1-3-7-15)16-8-4-5-9-18(16)23-19;1-7-8-5-3-2-4-6-8/h4-5,8-13,15H,1-3,6-7H2;7H,2-6H2,1H3. The van der Waals surface area contributed by atoms with Crippen LogP contribution in [-0.4, -0.2) is 37.1 Å². The summed E-state index contributed by atoms with van der Waals surface area (Å²) in [4.78, 5) is 16.0. The number of benzene rings is 2. The highest BCUT2D eigenvalue weighted by Crippen LogP contribution is 2.41. The van der Waals surface area contributed by atoms with Gasteiger partial charge in [0.25, 0.3) is 0 Å². The smallest absolute Gasteiger partial charge is 0.153 e. The van der Waals surface area contributed by atoms with Gasteiger partial charge in [-0.2, -0.15) is 0 Å². The van der Waals surface area contributed by atoms with Crippen molar-refractivity contribution in [2.24, 2.45) is 10.9 Å². The Balaban J connectivity index is 0.000000245. The Morgan fingerprint density at radius 3 is 2.42 bits per heavy atom. The van der Waals surface area contributed by atoms with Gasteiger partial charge in [-0.15, -0.1) is 0 Å². The number of fused-ring (bicyclic) bond motifs is 2. The van der Waals surface area contributed by atoms with E-state index < -0.39 is 0 Å². The van der Waals surface area contributed by atoms with Crippen molar-refractivity contribution in [2.75, 3.05) is 20.1 Å². The van der Waals surface area contributed by atoms with Crippen LogP contribution in [0.15, 0.2) is 47.5 Å². The monoisotopic (exact) mass is 419 g/mol. The predicted octanol–water partition coefficient (Wildman–Crippen LogP) is 5.91. The maximum Gasteiger partial charge on any atom is 0.153 e. The molecule has 1 saturated heterocycles. The van der Waals surface area contributed by atoms with E-state index in [1.54, 1.807) is 6.07 Å². The number of rotatable bonds is 3. The van der Waals surface area contributed by atoms with Gasteiger partial charge in [0.1, 0.15) is 17.7 Å². The van der Waals surface area contributed by atoms with E-state index in [0.717, 1.165) is 29.0 Å². The van der Waals surface area contributed by atoms with Crippen molar-refractivity contribution in [1.29, 1.82) is 0 Å². The zero-order valence-corrected chi connectivity index (χ0v) is 18.5. The number of aliphatic imine (C=N–C) groups is 1. The van der Waals surface area contributed by atoms with Gasteiger partial charge in [-0.05, 0) is 63.1 Å². The van der Waals surface area contributed by atoms with E-state index >= 15 is 0 Å². The maximum atomic E-state index is 11.1. The molecule has 0 aromatic heterocycles. The lowest BCUT2D eigenvalue weighted by Crippen LogP contribution is -2.38. The summed E-state index contributed by atoms with van der Waals surface area (Å²) < 4.78 is 6.09. The van der Waals surface area contributed by atoms with Crippen LogP contribution in [0.3, 0.4) is 0 Å². The van der Waals surface area contributed by atoms with Crippen molar-refractivity contribution >= 4 is 17.7 Å². The van der Waals surface area contributed by atoms with Crippen molar-refractivity contribution in [3.05, 3.63) is 53.6 Å². The van der Waals surface area contributed by atoms with Crippen LogP contribution in [-0.2, 0) is 0 Å². The summed E-state index contributed by atoms with van der Waals surface area (Å²) in [6.45, 7) is 2.47. The second kappa shape index (κ2) is 10.7. The first kappa shape index (κ1) is 21.7. The highest BCUT2D eigenvalue weighted by molar-refractivity contribution is 6.07. The molecule has 2 aliphatic heterocycles. The fourth-order valence-electron chi connectivity index (χ4n) is 4.66. The number of hydrogen-bond acceptors (Lipinski definition) is 5. The van der Waals surface area contributed by atoms with Crippen LogP contribution in [0.4, 0.5) is 5.69 Å². The molecule has 164 valence electrons. The average Bonchev–Trinajstić information content (AvgIpc) is 3.01. The summed E-state index contributed by atoms with van der Waals surface area (Å²) in [7, 11) is 1.99. The van der Waals surface area contributed by atoms with Gasteiger partial charge < -0.3 is 4.74 Å². The molecule has 2 aromatic rings. The van der Waals surface area contributed by atoms with Gasteiger partial charge in [-0.25, -0.2) is 10.0 Å². The summed E-state index contributed by atoms with van der Waals surface area (Å²) in [6, 6.07) is 13.5. The van der Waals surface area contributed by atoms with Crippen LogP contribution in [0.2, 0.25) is 0 Å². The second-order valence-electron chi connectivity index (χ2n) is 8.55. The molecule has 0 bridgehead atoms. The maximum absolute atomic E-state index is 11.1. The van der Waals surface area contributed by atoms with Gasteiger partial charge in [0.05, 0.1) is 5.71 Å². The van der Waals surface area contributed by atoms with Gasteiger partial charge in [0.15, 0.2) is 5.75 Å². The molecule has 0 atom stereocenters. The Labute approximate surface area is 185 Å². The topological polar surface area (TPSA) is 53.9 Å². The van der Waals surface area contributed by atoms with E-state index in [4.69, 9.17) is 9.73 Å².